The van der Waals surface area contributed by atoms with Crippen LogP contribution in [0.1, 0.15) is 64.0 Å². The minimum absolute atomic E-state index is 0.148. The molecule has 0 radical (unpaired) electrons. The smallest absolute Gasteiger partial charge is 0.408 e. The Morgan fingerprint density at radius 3 is 1.75 bits per heavy atom. The molecular formula is C31H40N2O7. The van der Waals surface area contributed by atoms with Gasteiger partial charge in [0.1, 0.15) is 17.7 Å². The van der Waals surface area contributed by atoms with Crippen LogP contribution in [-0.2, 0) is 41.4 Å². The Bertz CT molecular complexity index is 1140. The Labute approximate surface area is 236 Å². The van der Waals surface area contributed by atoms with Crippen molar-refractivity contribution in [2.75, 3.05) is 7.11 Å². The summed E-state index contributed by atoms with van der Waals surface area (Å²) in [5.74, 6) is -1.89. The number of esters is 2. The summed E-state index contributed by atoms with van der Waals surface area (Å²) in [5, 5.41) is 5.42. The van der Waals surface area contributed by atoms with Crippen LogP contribution in [0.25, 0.3) is 0 Å². The number of carbonyl (C=O) groups is 4. The fraction of sp³-hybridized carbons (Fsp3) is 0.484. The first-order chi connectivity index (χ1) is 19.0. The number of alkyl carbamates (subject to hydrolysis) is 1. The fourth-order valence-electron chi connectivity index (χ4n) is 4.73. The first-order valence-corrected chi connectivity index (χ1v) is 13.7. The minimum atomic E-state index is -1.48. The second-order valence-electron chi connectivity index (χ2n) is 11.1. The van der Waals surface area contributed by atoms with Crippen molar-refractivity contribution in [2.45, 2.75) is 89.0 Å². The van der Waals surface area contributed by atoms with Gasteiger partial charge in [0.05, 0.1) is 7.11 Å². The van der Waals surface area contributed by atoms with Crippen molar-refractivity contribution in [1.82, 2.24) is 10.6 Å². The van der Waals surface area contributed by atoms with E-state index in [0.717, 1.165) is 17.5 Å². The Balaban J connectivity index is 1.83. The fourth-order valence-corrected chi connectivity index (χ4v) is 4.73. The number of hydrogen-bond acceptors (Lipinski definition) is 7. The lowest BCUT2D eigenvalue weighted by Crippen LogP contribution is -2.57. The molecule has 216 valence electrons. The molecule has 0 aliphatic heterocycles. The van der Waals surface area contributed by atoms with Gasteiger partial charge in [-0.25, -0.2) is 14.4 Å². The van der Waals surface area contributed by atoms with Gasteiger partial charge in [0.25, 0.3) is 5.91 Å². The third-order valence-corrected chi connectivity index (χ3v) is 6.70. The van der Waals surface area contributed by atoms with Crippen molar-refractivity contribution in [1.29, 1.82) is 0 Å². The first kappa shape index (κ1) is 30.7. The predicted octanol–water partition coefficient (Wildman–Crippen LogP) is 4.27. The molecule has 0 aromatic heterocycles. The van der Waals surface area contributed by atoms with Crippen LogP contribution in [0.3, 0.4) is 0 Å². The summed E-state index contributed by atoms with van der Waals surface area (Å²) in [6.07, 6.45) is 2.44. The zero-order valence-electron chi connectivity index (χ0n) is 23.7. The molecule has 1 fully saturated rings. The van der Waals surface area contributed by atoms with Crippen molar-refractivity contribution in [3.05, 3.63) is 71.8 Å². The average molecular weight is 553 g/mol. The summed E-state index contributed by atoms with van der Waals surface area (Å²) in [4.78, 5) is 52.6. The summed E-state index contributed by atoms with van der Waals surface area (Å²) >= 11 is 0. The standard InChI is InChI=1S/C31H40N2O7/c1-30(2,3)40-29(37)33-25(21-23-16-10-6-11-17-23)27(35)39-31(18-12-7-13-19-31)28(36)32-24(26(34)38-4)20-22-14-8-5-9-15-22/h5-6,8-11,14-17,24-25H,7,12-13,18-21H2,1-4H3,(H,32,36)(H,33,37)/t24-,25-/m0/s1. The molecule has 40 heavy (non-hydrogen) atoms. The number of nitrogens with one attached hydrogen (secondary N) is 2. The summed E-state index contributed by atoms with van der Waals surface area (Å²) in [6.45, 7) is 5.18. The normalized spacial score (nSPS) is 16.1. The summed E-state index contributed by atoms with van der Waals surface area (Å²) in [5.41, 5.74) is -0.603. The molecule has 0 bridgehead atoms. The maximum absolute atomic E-state index is 13.8. The molecule has 9 nitrogen and oxygen atoms in total. The lowest BCUT2D eigenvalue weighted by atomic mass is 9.83. The molecule has 2 aromatic rings. The highest BCUT2D eigenvalue weighted by Crippen LogP contribution is 2.33. The van der Waals surface area contributed by atoms with E-state index in [1.54, 1.807) is 20.8 Å². The van der Waals surface area contributed by atoms with E-state index in [1.165, 1.54) is 7.11 Å². The predicted molar refractivity (Wildman–Crippen MR) is 149 cm³/mol. The van der Waals surface area contributed by atoms with E-state index in [2.05, 4.69) is 10.6 Å². The van der Waals surface area contributed by atoms with E-state index < -0.39 is 47.2 Å². The van der Waals surface area contributed by atoms with E-state index in [1.807, 2.05) is 60.7 Å². The number of benzene rings is 2. The van der Waals surface area contributed by atoms with Gasteiger partial charge in [0.15, 0.2) is 5.60 Å². The first-order valence-electron chi connectivity index (χ1n) is 13.7. The van der Waals surface area contributed by atoms with Crippen LogP contribution in [0.2, 0.25) is 0 Å². The Hall–Kier alpha value is -3.88. The topological polar surface area (TPSA) is 120 Å². The Morgan fingerprint density at radius 1 is 0.775 bits per heavy atom. The van der Waals surface area contributed by atoms with Gasteiger partial charge in [-0.2, -0.15) is 0 Å². The summed E-state index contributed by atoms with van der Waals surface area (Å²) < 4.78 is 16.3. The van der Waals surface area contributed by atoms with E-state index >= 15 is 0 Å². The van der Waals surface area contributed by atoms with Crippen molar-refractivity contribution in [2.24, 2.45) is 0 Å². The Kier molecular flexibility index (Phi) is 10.7. The van der Waals surface area contributed by atoms with Crippen LogP contribution in [-0.4, -0.2) is 54.3 Å². The van der Waals surface area contributed by atoms with Gasteiger partial charge < -0.3 is 24.8 Å². The van der Waals surface area contributed by atoms with Crippen LogP contribution < -0.4 is 10.6 Å². The van der Waals surface area contributed by atoms with Gasteiger partial charge in [-0.1, -0.05) is 67.1 Å². The molecule has 0 spiro atoms. The van der Waals surface area contributed by atoms with Crippen LogP contribution in [0.15, 0.2) is 60.7 Å². The molecule has 0 saturated heterocycles. The number of amides is 2. The molecule has 2 atom stereocenters. The van der Waals surface area contributed by atoms with Gasteiger partial charge in [-0.05, 0) is 57.6 Å². The van der Waals surface area contributed by atoms with Gasteiger partial charge in [0.2, 0.25) is 0 Å². The van der Waals surface area contributed by atoms with Crippen molar-refractivity contribution < 1.29 is 33.4 Å². The zero-order chi connectivity index (χ0) is 29.2. The highest BCUT2D eigenvalue weighted by molar-refractivity contribution is 5.92. The number of rotatable bonds is 10. The highest BCUT2D eigenvalue weighted by Gasteiger charge is 2.46. The highest BCUT2D eigenvalue weighted by atomic mass is 16.6. The number of carbonyl (C=O) groups excluding carboxylic acids is 4. The van der Waals surface area contributed by atoms with Gasteiger partial charge in [0, 0.05) is 12.8 Å². The zero-order valence-corrected chi connectivity index (χ0v) is 23.7. The molecule has 2 amide bonds. The SMILES string of the molecule is COC(=O)[C@H](Cc1ccccc1)NC(=O)C1(OC(=O)[C@H](Cc2ccccc2)NC(=O)OC(C)(C)C)CCCCC1. The average Bonchev–Trinajstić information content (AvgIpc) is 2.92. The van der Waals surface area contributed by atoms with Gasteiger partial charge >= 0.3 is 18.0 Å². The lowest BCUT2D eigenvalue weighted by Gasteiger charge is -2.37. The van der Waals surface area contributed by atoms with Gasteiger partial charge in [-0.15, -0.1) is 0 Å². The van der Waals surface area contributed by atoms with Crippen molar-refractivity contribution >= 4 is 23.9 Å². The third-order valence-electron chi connectivity index (χ3n) is 6.70. The van der Waals surface area contributed by atoms with E-state index in [9.17, 15) is 19.2 Å². The second kappa shape index (κ2) is 14.0. The van der Waals surface area contributed by atoms with E-state index in [0.29, 0.717) is 25.7 Å². The number of hydrogen-bond donors (Lipinski definition) is 2. The summed E-state index contributed by atoms with van der Waals surface area (Å²) in [6, 6.07) is 16.4. The molecule has 1 saturated carbocycles. The molecule has 2 N–H and O–H groups in total. The molecule has 9 heteroatoms. The molecule has 1 aliphatic carbocycles. The van der Waals surface area contributed by atoms with Crippen LogP contribution in [0, 0.1) is 0 Å². The summed E-state index contributed by atoms with van der Waals surface area (Å²) in [7, 11) is 1.26. The monoisotopic (exact) mass is 552 g/mol. The van der Waals surface area contributed by atoms with Gasteiger partial charge in [-0.3, -0.25) is 4.79 Å². The third kappa shape index (κ3) is 9.10. The van der Waals surface area contributed by atoms with Crippen molar-refractivity contribution in [3.8, 4) is 0 Å². The molecular weight excluding hydrogens is 512 g/mol. The largest absolute Gasteiger partial charge is 0.467 e. The van der Waals surface area contributed by atoms with Crippen LogP contribution in [0.5, 0.6) is 0 Å². The maximum atomic E-state index is 13.8. The molecule has 0 unspecified atom stereocenters. The molecule has 1 aliphatic rings. The van der Waals surface area contributed by atoms with Crippen LogP contribution in [0.4, 0.5) is 4.79 Å². The minimum Gasteiger partial charge on any atom is -0.467 e. The number of methoxy groups -OCH3 is 1. The van der Waals surface area contributed by atoms with E-state index in [4.69, 9.17) is 14.2 Å². The van der Waals surface area contributed by atoms with Crippen LogP contribution >= 0.6 is 0 Å². The molecule has 0 heterocycles. The maximum Gasteiger partial charge on any atom is 0.408 e. The van der Waals surface area contributed by atoms with E-state index in [-0.39, 0.29) is 12.8 Å². The molecule has 3 rings (SSSR count). The second-order valence-corrected chi connectivity index (χ2v) is 11.1. The lowest BCUT2D eigenvalue weighted by molar-refractivity contribution is -0.175. The Morgan fingerprint density at radius 2 is 1.27 bits per heavy atom. The quantitative estimate of drug-likeness (QED) is 0.334. The van der Waals surface area contributed by atoms with Crippen molar-refractivity contribution in [3.63, 3.8) is 0 Å². The number of ether oxygens (including phenoxy) is 3. The molecule has 2 aromatic carbocycles.